The smallest absolute Gasteiger partial charge is 0.320 e. The van der Waals surface area contributed by atoms with E-state index in [1.165, 1.54) is 11.1 Å². The van der Waals surface area contributed by atoms with Crippen LogP contribution in [-0.4, -0.2) is 17.4 Å². The first-order chi connectivity index (χ1) is 7.95. The fourth-order valence-electron chi connectivity index (χ4n) is 1.68. The van der Waals surface area contributed by atoms with Gasteiger partial charge in [0.15, 0.2) is 0 Å². The van der Waals surface area contributed by atoms with Gasteiger partial charge in [-0.1, -0.05) is 44.0 Å². The van der Waals surface area contributed by atoms with Gasteiger partial charge in [0.05, 0.1) is 6.61 Å². The highest BCUT2D eigenvalue weighted by atomic mass is 79.9. The third-order valence-electron chi connectivity index (χ3n) is 2.45. The van der Waals surface area contributed by atoms with Crippen LogP contribution in [0.4, 0.5) is 0 Å². The number of alkyl halides is 1. The zero-order valence-corrected chi connectivity index (χ0v) is 13.4. The standard InChI is InChI=1S/C13H16Br2O2/c1-4-17-13(16)11(14)7-10-5-8(2)12(15)9(3)6-10/h5-6,11H,4,7H2,1-3H3. The molecular formula is C13H16Br2O2. The summed E-state index contributed by atoms with van der Waals surface area (Å²) in [5.74, 6) is -0.203. The van der Waals surface area contributed by atoms with Gasteiger partial charge in [0.2, 0.25) is 0 Å². The normalized spacial score (nSPS) is 12.3. The summed E-state index contributed by atoms with van der Waals surface area (Å²) in [5, 5.41) is 0. The van der Waals surface area contributed by atoms with Crippen LogP contribution >= 0.6 is 31.9 Å². The number of carbonyl (C=O) groups excluding carboxylic acids is 1. The van der Waals surface area contributed by atoms with Crippen LogP contribution in [0.15, 0.2) is 16.6 Å². The lowest BCUT2D eigenvalue weighted by Crippen LogP contribution is -2.19. The number of carbonyl (C=O) groups is 1. The highest BCUT2D eigenvalue weighted by Crippen LogP contribution is 2.24. The summed E-state index contributed by atoms with van der Waals surface area (Å²) in [5.41, 5.74) is 3.50. The van der Waals surface area contributed by atoms with Crippen molar-refractivity contribution in [2.75, 3.05) is 6.61 Å². The summed E-state index contributed by atoms with van der Waals surface area (Å²) in [4.78, 5) is 11.2. The van der Waals surface area contributed by atoms with E-state index in [0.717, 1.165) is 10.0 Å². The SMILES string of the molecule is CCOC(=O)C(Br)Cc1cc(C)c(Br)c(C)c1. The van der Waals surface area contributed by atoms with E-state index in [2.05, 4.69) is 44.0 Å². The van der Waals surface area contributed by atoms with E-state index in [-0.39, 0.29) is 10.8 Å². The summed E-state index contributed by atoms with van der Waals surface area (Å²) < 4.78 is 6.09. The summed E-state index contributed by atoms with van der Waals surface area (Å²) in [7, 11) is 0. The van der Waals surface area contributed by atoms with Crippen molar-refractivity contribution in [1.82, 2.24) is 0 Å². The highest BCUT2D eigenvalue weighted by molar-refractivity contribution is 9.10. The second-order valence-electron chi connectivity index (χ2n) is 3.97. The van der Waals surface area contributed by atoms with Gasteiger partial charge >= 0.3 is 5.97 Å². The molecule has 2 nitrogen and oxygen atoms in total. The number of rotatable bonds is 4. The monoisotopic (exact) mass is 362 g/mol. The zero-order chi connectivity index (χ0) is 13.0. The minimum absolute atomic E-state index is 0.203. The van der Waals surface area contributed by atoms with E-state index >= 15 is 0 Å². The maximum atomic E-state index is 11.5. The quantitative estimate of drug-likeness (QED) is 0.598. The summed E-state index contributed by atoms with van der Waals surface area (Å²) >= 11 is 6.89. The maximum Gasteiger partial charge on any atom is 0.320 e. The molecule has 1 aromatic carbocycles. The fourth-order valence-corrected chi connectivity index (χ4v) is 2.41. The number of hydrogen-bond acceptors (Lipinski definition) is 2. The van der Waals surface area contributed by atoms with Gasteiger partial charge in [0.25, 0.3) is 0 Å². The average molecular weight is 364 g/mol. The van der Waals surface area contributed by atoms with Crippen LogP contribution < -0.4 is 0 Å². The first-order valence-corrected chi connectivity index (χ1v) is 7.23. The van der Waals surface area contributed by atoms with E-state index in [9.17, 15) is 4.79 Å². The first kappa shape index (κ1) is 14.7. The molecule has 17 heavy (non-hydrogen) atoms. The average Bonchev–Trinajstić information content (AvgIpc) is 2.26. The largest absolute Gasteiger partial charge is 0.465 e. The third-order valence-corrected chi connectivity index (χ3v) is 4.40. The Hall–Kier alpha value is -0.350. The molecular weight excluding hydrogens is 348 g/mol. The molecule has 0 bridgehead atoms. The molecule has 0 radical (unpaired) electrons. The van der Waals surface area contributed by atoms with Crippen molar-refractivity contribution >= 4 is 37.8 Å². The van der Waals surface area contributed by atoms with Crippen molar-refractivity contribution in [1.29, 1.82) is 0 Å². The van der Waals surface area contributed by atoms with Gasteiger partial charge in [0.1, 0.15) is 4.83 Å². The fraction of sp³-hybridized carbons (Fsp3) is 0.462. The number of ether oxygens (including phenoxy) is 1. The predicted molar refractivity (Wildman–Crippen MR) is 76.7 cm³/mol. The molecule has 1 rings (SSSR count). The Kier molecular flexibility index (Phi) is 5.67. The Morgan fingerprint density at radius 3 is 2.35 bits per heavy atom. The van der Waals surface area contributed by atoms with Crippen molar-refractivity contribution in [2.24, 2.45) is 0 Å². The molecule has 0 saturated heterocycles. The van der Waals surface area contributed by atoms with Crippen molar-refractivity contribution < 1.29 is 9.53 Å². The lowest BCUT2D eigenvalue weighted by molar-refractivity contribution is -0.142. The summed E-state index contributed by atoms with van der Waals surface area (Å²) in [6, 6.07) is 4.18. The Labute approximate surface area is 119 Å². The minimum Gasteiger partial charge on any atom is -0.465 e. The van der Waals surface area contributed by atoms with Crippen LogP contribution in [-0.2, 0) is 16.0 Å². The number of benzene rings is 1. The van der Waals surface area contributed by atoms with Gasteiger partial charge in [-0.3, -0.25) is 4.79 Å². The van der Waals surface area contributed by atoms with Crippen LogP contribution in [0.1, 0.15) is 23.6 Å². The van der Waals surface area contributed by atoms with E-state index in [1.807, 2.05) is 20.8 Å². The highest BCUT2D eigenvalue weighted by Gasteiger charge is 2.17. The van der Waals surface area contributed by atoms with Crippen molar-refractivity contribution in [3.8, 4) is 0 Å². The maximum absolute atomic E-state index is 11.5. The molecule has 0 fully saturated rings. The summed E-state index contributed by atoms with van der Waals surface area (Å²) in [6.45, 7) is 6.33. The Morgan fingerprint density at radius 1 is 1.35 bits per heavy atom. The van der Waals surface area contributed by atoms with Crippen LogP contribution in [0, 0.1) is 13.8 Å². The van der Waals surface area contributed by atoms with Gasteiger partial charge in [-0.05, 0) is 43.9 Å². The van der Waals surface area contributed by atoms with Crippen molar-refractivity contribution in [3.63, 3.8) is 0 Å². The Balaban J connectivity index is 2.78. The third kappa shape index (κ3) is 4.11. The van der Waals surface area contributed by atoms with Crippen LogP contribution in [0.25, 0.3) is 0 Å². The van der Waals surface area contributed by atoms with E-state index in [0.29, 0.717) is 13.0 Å². The molecule has 0 N–H and O–H groups in total. The van der Waals surface area contributed by atoms with Crippen LogP contribution in [0.2, 0.25) is 0 Å². The van der Waals surface area contributed by atoms with Gasteiger partial charge in [-0.15, -0.1) is 0 Å². The first-order valence-electron chi connectivity index (χ1n) is 5.52. The lowest BCUT2D eigenvalue weighted by Gasteiger charge is -2.11. The molecule has 94 valence electrons. The second kappa shape index (κ2) is 6.55. The zero-order valence-electron chi connectivity index (χ0n) is 10.2. The second-order valence-corrected chi connectivity index (χ2v) is 5.87. The van der Waals surface area contributed by atoms with Gasteiger partial charge in [0, 0.05) is 4.47 Å². The van der Waals surface area contributed by atoms with Crippen LogP contribution in [0.5, 0.6) is 0 Å². The van der Waals surface area contributed by atoms with Crippen molar-refractivity contribution in [2.45, 2.75) is 32.0 Å². The minimum atomic E-state index is -0.276. The number of esters is 1. The number of aryl methyl sites for hydroxylation is 2. The molecule has 1 unspecified atom stereocenters. The van der Waals surface area contributed by atoms with Gasteiger partial charge in [-0.25, -0.2) is 0 Å². The molecule has 0 aliphatic heterocycles. The molecule has 0 aliphatic carbocycles. The molecule has 0 heterocycles. The van der Waals surface area contributed by atoms with Gasteiger partial charge < -0.3 is 4.74 Å². The molecule has 4 heteroatoms. The topological polar surface area (TPSA) is 26.3 Å². The molecule has 0 aliphatic rings. The van der Waals surface area contributed by atoms with Crippen molar-refractivity contribution in [3.05, 3.63) is 33.3 Å². The molecule has 1 atom stereocenters. The Morgan fingerprint density at radius 2 is 1.88 bits per heavy atom. The molecule has 0 amide bonds. The van der Waals surface area contributed by atoms with Gasteiger partial charge in [-0.2, -0.15) is 0 Å². The number of hydrogen-bond donors (Lipinski definition) is 0. The molecule has 0 spiro atoms. The van der Waals surface area contributed by atoms with E-state index < -0.39 is 0 Å². The predicted octanol–water partition coefficient (Wildman–Crippen LogP) is 3.94. The molecule has 1 aromatic rings. The molecule has 0 aromatic heterocycles. The number of halogens is 2. The molecule has 0 saturated carbocycles. The Bertz CT molecular complexity index is 393. The van der Waals surface area contributed by atoms with Crippen LogP contribution in [0.3, 0.4) is 0 Å². The van der Waals surface area contributed by atoms with E-state index in [1.54, 1.807) is 0 Å². The lowest BCUT2D eigenvalue weighted by atomic mass is 10.0. The van der Waals surface area contributed by atoms with E-state index in [4.69, 9.17) is 4.74 Å². The summed E-state index contributed by atoms with van der Waals surface area (Å²) in [6.07, 6.45) is 0.647.